The first kappa shape index (κ1) is 16.0. The van der Waals surface area contributed by atoms with E-state index in [1.165, 1.54) is 11.3 Å². The van der Waals surface area contributed by atoms with E-state index in [9.17, 15) is 8.42 Å². The number of sulfone groups is 1. The highest BCUT2D eigenvalue weighted by atomic mass is 32.2. The topological polar surface area (TPSA) is 60.2 Å². The number of nitrogens with zero attached hydrogens (tertiary/aromatic N) is 1. The third-order valence-corrected chi connectivity index (χ3v) is 7.49. The molecule has 0 fully saturated rings. The largest absolute Gasteiger partial charge is 0.439 e. The predicted molar refractivity (Wildman–Crippen MR) is 92.0 cm³/mol. The zero-order valence-corrected chi connectivity index (χ0v) is 14.5. The lowest BCUT2D eigenvalue weighted by molar-refractivity contribution is 0.492. The van der Waals surface area contributed by atoms with E-state index in [0.717, 1.165) is 10.4 Å². The highest BCUT2D eigenvalue weighted by Crippen LogP contribution is 2.36. The molecule has 120 valence electrons. The molecule has 0 saturated heterocycles. The first-order valence-electron chi connectivity index (χ1n) is 7.27. The Kier molecular flexibility index (Phi) is 4.37. The van der Waals surface area contributed by atoms with Crippen molar-refractivity contribution in [2.75, 3.05) is 0 Å². The van der Waals surface area contributed by atoms with E-state index in [0.29, 0.717) is 5.76 Å². The summed E-state index contributed by atoms with van der Waals surface area (Å²) < 4.78 is 31.3. The van der Waals surface area contributed by atoms with Crippen LogP contribution in [-0.4, -0.2) is 13.4 Å². The summed E-state index contributed by atoms with van der Waals surface area (Å²) in [5.41, 5.74) is 0.877. The van der Waals surface area contributed by atoms with Gasteiger partial charge in [0.25, 0.3) is 0 Å². The number of thiophene rings is 1. The molecule has 0 spiro atoms. The third kappa shape index (κ3) is 3.09. The quantitative estimate of drug-likeness (QED) is 0.674. The van der Waals surface area contributed by atoms with Crippen LogP contribution in [0, 0.1) is 0 Å². The van der Waals surface area contributed by atoms with Crippen molar-refractivity contribution in [1.82, 2.24) is 4.98 Å². The second kappa shape index (κ2) is 6.29. The lowest BCUT2D eigenvalue weighted by Gasteiger charge is -2.15. The summed E-state index contributed by atoms with van der Waals surface area (Å²) >= 11 is 1.44. The molecule has 0 N–H and O–H groups in total. The van der Waals surface area contributed by atoms with Crippen molar-refractivity contribution in [2.45, 2.75) is 24.3 Å². The third-order valence-electron chi connectivity index (χ3n) is 3.86. The van der Waals surface area contributed by atoms with Gasteiger partial charge in [0, 0.05) is 10.4 Å². The van der Waals surface area contributed by atoms with E-state index in [1.807, 2.05) is 47.8 Å². The fourth-order valence-electron chi connectivity index (χ4n) is 2.34. The zero-order chi connectivity index (χ0) is 16.4. The predicted octanol–water partition coefficient (Wildman–Crippen LogP) is 4.64. The molecule has 0 radical (unpaired) electrons. The molecule has 2 atom stereocenters. The van der Waals surface area contributed by atoms with Crippen LogP contribution >= 0.6 is 11.3 Å². The molecular formula is C17H17NO3S2. The Labute approximate surface area is 139 Å². The monoisotopic (exact) mass is 347 g/mol. The van der Waals surface area contributed by atoms with Crippen LogP contribution in [-0.2, 0) is 9.84 Å². The number of hydrogen-bond donors (Lipinski definition) is 0. The summed E-state index contributed by atoms with van der Waals surface area (Å²) in [5.74, 6) is 0.804. The molecule has 0 amide bonds. The maximum atomic E-state index is 12.8. The first-order valence-corrected chi connectivity index (χ1v) is 9.76. The number of hydrogen-bond acceptors (Lipinski definition) is 5. The van der Waals surface area contributed by atoms with Gasteiger partial charge in [0.15, 0.2) is 15.6 Å². The molecule has 2 aromatic heterocycles. The van der Waals surface area contributed by atoms with Crippen molar-refractivity contribution in [3.63, 3.8) is 0 Å². The first-order chi connectivity index (χ1) is 11.0. The van der Waals surface area contributed by atoms with Crippen LogP contribution in [0.15, 0.2) is 58.5 Å². The Hall–Kier alpha value is -1.92. The molecule has 6 heteroatoms. The van der Waals surface area contributed by atoms with E-state index in [-0.39, 0.29) is 5.89 Å². The van der Waals surface area contributed by atoms with E-state index < -0.39 is 20.3 Å². The normalized spacial score (nSPS) is 14.5. The molecule has 0 aliphatic rings. The fraction of sp³-hybridized carbons (Fsp3) is 0.235. The Morgan fingerprint density at radius 1 is 1.04 bits per heavy atom. The van der Waals surface area contributed by atoms with Gasteiger partial charge in [-0.1, -0.05) is 36.4 Å². The van der Waals surface area contributed by atoms with Gasteiger partial charge in [-0.2, -0.15) is 0 Å². The maximum absolute atomic E-state index is 12.8. The summed E-state index contributed by atoms with van der Waals surface area (Å²) in [5, 5.41) is 0.506. The van der Waals surface area contributed by atoms with Gasteiger partial charge in [0.1, 0.15) is 5.25 Å². The van der Waals surface area contributed by atoms with E-state index in [4.69, 9.17) is 4.42 Å². The van der Waals surface area contributed by atoms with Crippen molar-refractivity contribution in [3.05, 3.63) is 64.8 Å². The van der Waals surface area contributed by atoms with Crippen molar-refractivity contribution in [3.8, 4) is 11.3 Å². The standard InChI is InChI=1S/C17H17NO3S2/c1-12(16-9-6-10-22-16)23(19,20)13(2)17-18-11-15(21-17)14-7-4-3-5-8-14/h3-13H,1-2H3/t12-,13+/m1/s1. The minimum Gasteiger partial charge on any atom is -0.439 e. The van der Waals surface area contributed by atoms with Crippen LogP contribution in [0.25, 0.3) is 11.3 Å². The molecule has 3 aromatic rings. The van der Waals surface area contributed by atoms with Crippen molar-refractivity contribution < 1.29 is 12.8 Å². The summed E-state index contributed by atoms with van der Waals surface area (Å²) in [6, 6.07) is 13.2. The SMILES string of the molecule is C[C@H](c1cccs1)S(=O)(=O)[C@@H](C)c1ncc(-c2ccccc2)o1. The molecule has 23 heavy (non-hydrogen) atoms. The molecule has 2 heterocycles. The van der Waals surface area contributed by atoms with Crippen LogP contribution in [0.4, 0.5) is 0 Å². The minimum absolute atomic E-state index is 0.229. The second-order valence-corrected chi connectivity index (χ2v) is 8.89. The highest BCUT2D eigenvalue weighted by molar-refractivity contribution is 7.92. The number of rotatable bonds is 5. The van der Waals surface area contributed by atoms with Gasteiger partial charge in [-0.3, -0.25) is 0 Å². The van der Waals surface area contributed by atoms with Gasteiger partial charge in [0.2, 0.25) is 5.89 Å². The molecule has 0 aliphatic carbocycles. The fourth-order valence-corrected chi connectivity index (χ4v) is 4.98. The van der Waals surface area contributed by atoms with Crippen LogP contribution in [0.2, 0.25) is 0 Å². The second-order valence-electron chi connectivity index (χ2n) is 5.32. The molecule has 0 unspecified atom stereocenters. The van der Waals surface area contributed by atoms with Crippen molar-refractivity contribution in [1.29, 1.82) is 0 Å². The van der Waals surface area contributed by atoms with Crippen molar-refractivity contribution >= 4 is 21.2 Å². The average molecular weight is 347 g/mol. The van der Waals surface area contributed by atoms with Gasteiger partial charge < -0.3 is 4.42 Å². The molecule has 3 rings (SSSR count). The molecule has 1 aromatic carbocycles. The zero-order valence-electron chi connectivity index (χ0n) is 12.8. The average Bonchev–Trinajstić information content (AvgIpc) is 3.25. The Morgan fingerprint density at radius 2 is 1.78 bits per heavy atom. The summed E-state index contributed by atoms with van der Waals surface area (Å²) in [7, 11) is -3.43. The molecule has 4 nitrogen and oxygen atoms in total. The van der Waals surface area contributed by atoms with Crippen LogP contribution < -0.4 is 0 Å². The number of oxazole rings is 1. The molecule has 0 aliphatic heterocycles. The lowest BCUT2D eigenvalue weighted by atomic mass is 10.2. The number of aromatic nitrogens is 1. The van der Waals surface area contributed by atoms with Crippen molar-refractivity contribution in [2.24, 2.45) is 0 Å². The summed E-state index contributed by atoms with van der Waals surface area (Å²) in [6.45, 7) is 3.33. The molecule has 0 bridgehead atoms. The summed E-state index contributed by atoms with van der Waals surface area (Å²) in [4.78, 5) is 5.01. The van der Waals surface area contributed by atoms with Crippen LogP contribution in [0.3, 0.4) is 0 Å². The highest BCUT2D eigenvalue weighted by Gasteiger charge is 2.33. The van der Waals surface area contributed by atoms with E-state index in [2.05, 4.69) is 4.98 Å². The van der Waals surface area contributed by atoms with Crippen LogP contribution in [0.1, 0.15) is 35.1 Å². The van der Waals surface area contributed by atoms with Gasteiger partial charge in [0.05, 0.1) is 11.4 Å². The molecule has 0 saturated carbocycles. The lowest BCUT2D eigenvalue weighted by Crippen LogP contribution is -2.16. The Bertz CT molecular complexity index is 868. The minimum atomic E-state index is -3.43. The van der Waals surface area contributed by atoms with E-state index in [1.54, 1.807) is 20.0 Å². The smallest absolute Gasteiger partial charge is 0.212 e. The maximum Gasteiger partial charge on any atom is 0.212 e. The van der Waals surface area contributed by atoms with Gasteiger partial charge in [-0.15, -0.1) is 11.3 Å². The van der Waals surface area contributed by atoms with Crippen LogP contribution in [0.5, 0.6) is 0 Å². The van der Waals surface area contributed by atoms with Gasteiger partial charge in [-0.25, -0.2) is 13.4 Å². The van der Waals surface area contributed by atoms with Gasteiger partial charge >= 0.3 is 0 Å². The number of benzene rings is 1. The molecular weight excluding hydrogens is 330 g/mol. The summed E-state index contributed by atoms with van der Waals surface area (Å²) in [6.07, 6.45) is 1.58. The Morgan fingerprint density at radius 3 is 2.43 bits per heavy atom. The van der Waals surface area contributed by atoms with Gasteiger partial charge in [-0.05, 0) is 25.3 Å². The Balaban J connectivity index is 1.88. The van der Waals surface area contributed by atoms with E-state index >= 15 is 0 Å².